The molecule has 0 heterocycles. The predicted octanol–water partition coefficient (Wildman–Crippen LogP) is 3.01. The van der Waals surface area contributed by atoms with E-state index in [1.807, 2.05) is 0 Å². The van der Waals surface area contributed by atoms with E-state index in [1.54, 1.807) is 39.8 Å². The van der Waals surface area contributed by atoms with Gasteiger partial charge in [0.25, 0.3) is 0 Å². The lowest BCUT2D eigenvalue weighted by molar-refractivity contribution is 0.0535. The second kappa shape index (κ2) is 6.24. The molecule has 0 unspecified atom stereocenters. The van der Waals surface area contributed by atoms with Crippen molar-refractivity contribution in [2.75, 3.05) is 6.54 Å². The Morgan fingerprint density at radius 2 is 2.11 bits per heavy atom. The summed E-state index contributed by atoms with van der Waals surface area (Å²) in [5, 5.41) is 2.52. The molecule has 0 saturated heterocycles. The topological polar surface area (TPSA) is 38.3 Å². The summed E-state index contributed by atoms with van der Waals surface area (Å²) in [5.74, 6) is 5.28. The molecule has 4 heteroatoms. The number of amides is 1. The maximum atomic E-state index is 13.2. The highest BCUT2D eigenvalue weighted by atomic mass is 19.1. The molecule has 0 bridgehead atoms. The maximum Gasteiger partial charge on any atom is 0.408 e. The number of carbonyl (C=O) groups excluding carboxylic acids is 1. The van der Waals surface area contributed by atoms with E-state index in [1.165, 1.54) is 6.07 Å². The quantitative estimate of drug-likeness (QED) is 0.791. The number of ether oxygens (including phenoxy) is 1. The number of nitrogens with one attached hydrogen (secondary N) is 1. The van der Waals surface area contributed by atoms with Crippen LogP contribution in [-0.4, -0.2) is 18.2 Å². The Kier molecular flexibility index (Phi) is 4.94. The van der Waals surface area contributed by atoms with Gasteiger partial charge in [0.05, 0.1) is 6.54 Å². The van der Waals surface area contributed by atoms with Gasteiger partial charge in [0.2, 0.25) is 0 Å². The van der Waals surface area contributed by atoms with Gasteiger partial charge in [-0.2, -0.15) is 0 Å². The number of halogens is 1. The lowest BCUT2D eigenvalue weighted by Gasteiger charge is -2.19. The Labute approximate surface area is 113 Å². The summed E-state index contributed by atoms with van der Waals surface area (Å²) in [6, 6.07) is 4.73. The van der Waals surface area contributed by atoms with Crippen LogP contribution in [0.15, 0.2) is 18.2 Å². The highest BCUT2D eigenvalue weighted by molar-refractivity contribution is 5.68. The van der Waals surface area contributed by atoms with Crippen LogP contribution in [-0.2, 0) is 4.74 Å². The predicted molar refractivity (Wildman–Crippen MR) is 72.3 cm³/mol. The SMILES string of the molecule is Cc1c(F)cccc1C#CCNC(=O)OC(C)(C)C. The van der Waals surface area contributed by atoms with Crippen molar-refractivity contribution in [2.45, 2.75) is 33.3 Å². The molecule has 0 radical (unpaired) electrons. The van der Waals surface area contributed by atoms with Crippen LogP contribution in [0, 0.1) is 24.6 Å². The van der Waals surface area contributed by atoms with Gasteiger partial charge in [-0.25, -0.2) is 9.18 Å². The lowest BCUT2D eigenvalue weighted by Crippen LogP contribution is -2.32. The van der Waals surface area contributed by atoms with E-state index in [-0.39, 0.29) is 12.4 Å². The monoisotopic (exact) mass is 263 g/mol. The first-order valence-electron chi connectivity index (χ1n) is 6.00. The van der Waals surface area contributed by atoms with Gasteiger partial charge in [0.15, 0.2) is 0 Å². The molecule has 3 nitrogen and oxygen atoms in total. The Hall–Kier alpha value is -2.02. The van der Waals surface area contributed by atoms with Gasteiger partial charge < -0.3 is 10.1 Å². The Balaban J connectivity index is 2.53. The first-order chi connectivity index (χ1) is 8.79. The largest absolute Gasteiger partial charge is 0.444 e. The molecular formula is C15H18FNO2. The molecule has 1 aromatic carbocycles. The third-order valence-electron chi connectivity index (χ3n) is 2.21. The van der Waals surface area contributed by atoms with Crippen molar-refractivity contribution in [3.63, 3.8) is 0 Å². The van der Waals surface area contributed by atoms with Crippen molar-refractivity contribution in [2.24, 2.45) is 0 Å². The number of carbonyl (C=O) groups is 1. The van der Waals surface area contributed by atoms with E-state index in [9.17, 15) is 9.18 Å². The molecule has 0 saturated carbocycles. The van der Waals surface area contributed by atoms with E-state index >= 15 is 0 Å². The van der Waals surface area contributed by atoms with Crippen molar-refractivity contribution in [3.05, 3.63) is 35.1 Å². The highest BCUT2D eigenvalue weighted by Gasteiger charge is 2.14. The third-order valence-corrected chi connectivity index (χ3v) is 2.21. The smallest absolute Gasteiger partial charge is 0.408 e. The van der Waals surface area contributed by atoms with E-state index in [0.29, 0.717) is 11.1 Å². The van der Waals surface area contributed by atoms with Gasteiger partial charge in [-0.1, -0.05) is 17.9 Å². The number of alkyl carbamates (subject to hydrolysis) is 1. The summed E-state index contributed by atoms with van der Waals surface area (Å²) in [6.45, 7) is 7.18. The first-order valence-corrected chi connectivity index (χ1v) is 6.00. The summed E-state index contributed by atoms with van der Waals surface area (Å²) in [6.07, 6.45) is -0.516. The van der Waals surface area contributed by atoms with Crippen LogP contribution in [0.3, 0.4) is 0 Å². The summed E-state index contributed by atoms with van der Waals surface area (Å²) >= 11 is 0. The van der Waals surface area contributed by atoms with Crippen LogP contribution in [0.4, 0.5) is 9.18 Å². The van der Waals surface area contributed by atoms with Gasteiger partial charge in [-0.15, -0.1) is 0 Å². The molecule has 0 atom stereocenters. The number of hydrogen-bond acceptors (Lipinski definition) is 2. The highest BCUT2D eigenvalue weighted by Crippen LogP contribution is 2.10. The van der Waals surface area contributed by atoms with Gasteiger partial charge in [-0.3, -0.25) is 0 Å². The van der Waals surface area contributed by atoms with Crippen LogP contribution >= 0.6 is 0 Å². The van der Waals surface area contributed by atoms with E-state index in [4.69, 9.17) is 4.74 Å². The molecule has 0 aliphatic carbocycles. The summed E-state index contributed by atoms with van der Waals surface area (Å²) < 4.78 is 18.3. The Morgan fingerprint density at radius 3 is 2.74 bits per heavy atom. The molecular weight excluding hydrogens is 245 g/mol. The average Bonchev–Trinajstić information content (AvgIpc) is 2.27. The standard InChI is InChI=1S/C15H18FNO2/c1-11-12(7-5-9-13(11)16)8-6-10-17-14(18)19-15(2,3)4/h5,7,9H,10H2,1-4H3,(H,17,18). The van der Waals surface area contributed by atoms with Crippen molar-refractivity contribution < 1.29 is 13.9 Å². The minimum absolute atomic E-state index is 0.158. The zero-order chi connectivity index (χ0) is 14.5. The van der Waals surface area contributed by atoms with Crippen LogP contribution in [0.2, 0.25) is 0 Å². The number of benzene rings is 1. The molecule has 0 fully saturated rings. The zero-order valence-electron chi connectivity index (χ0n) is 11.6. The van der Waals surface area contributed by atoms with Gasteiger partial charge in [0, 0.05) is 11.1 Å². The summed E-state index contributed by atoms with van der Waals surface area (Å²) in [5.41, 5.74) is 0.592. The van der Waals surface area contributed by atoms with Crippen LogP contribution in [0.1, 0.15) is 31.9 Å². The molecule has 1 aromatic rings. The second-order valence-corrected chi connectivity index (χ2v) is 5.07. The Morgan fingerprint density at radius 1 is 1.42 bits per heavy atom. The van der Waals surface area contributed by atoms with Crippen LogP contribution < -0.4 is 5.32 Å². The zero-order valence-corrected chi connectivity index (χ0v) is 11.6. The van der Waals surface area contributed by atoms with Crippen LogP contribution in [0.5, 0.6) is 0 Å². The fourth-order valence-electron chi connectivity index (χ4n) is 1.31. The summed E-state index contributed by atoms with van der Waals surface area (Å²) in [4.78, 5) is 11.3. The van der Waals surface area contributed by atoms with Gasteiger partial charge in [-0.05, 0) is 39.8 Å². The van der Waals surface area contributed by atoms with Gasteiger partial charge >= 0.3 is 6.09 Å². The van der Waals surface area contributed by atoms with E-state index < -0.39 is 11.7 Å². The normalized spacial score (nSPS) is 10.4. The van der Waals surface area contributed by atoms with Crippen molar-refractivity contribution in [3.8, 4) is 11.8 Å². The van der Waals surface area contributed by atoms with Crippen molar-refractivity contribution in [1.82, 2.24) is 5.32 Å². The van der Waals surface area contributed by atoms with Crippen molar-refractivity contribution in [1.29, 1.82) is 0 Å². The van der Waals surface area contributed by atoms with E-state index in [2.05, 4.69) is 17.2 Å². The fourth-order valence-corrected chi connectivity index (χ4v) is 1.31. The lowest BCUT2D eigenvalue weighted by atomic mass is 10.1. The maximum absolute atomic E-state index is 13.2. The minimum atomic E-state index is -0.531. The molecule has 0 spiro atoms. The molecule has 1 amide bonds. The fraction of sp³-hybridized carbons (Fsp3) is 0.400. The van der Waals surface area contributed by atoms with Crippen LogP contribution in [0.25, 0.3) is 0 Å². The number of hydrogen-bond donors (Lipinski definition) is 1. The average molecular weight is 263 g/mol. The first kappa shape index (κ1) is 15.0. The second-order valence-electron chi connectivity index (χ2n) is 5.07. The summed E-state index contributed by atoms with van der Waals surface area (Å²) in [7, 11) is 0. The number of rotatable bonds is 1. The molecule has 0 aromatic heterocycles. The molecule has 1 N–H and O–H groups in total. The Bertz CT molecular complexity index is 521. The molecule has 0 aliphatic rings. The molecule has 19 heavy (non-hydrogen) atoms. The van der Waals surface area contributed by atoms with E-state index in [0.717, 1.165) is 0 Å². The molecule has 1 rings (SSSR count). The van der Waals surface area contributed by atoms with Crippen molar-refractivity contribution >= 4 is 6.09 Å². The van der Waals surface area contributed by atoms with Gasteiger partial charge in [0.1, 0.15) is 11.4 Å². The molecule has 0 aliphatic heterocycles. The minimum Gasteiger partial charge on any atom is -0.444 e. The molecule has 102 valence electrons. The third kappa shape index (κ3) is 5.43.